The molecule has 0 atom stereocenters. The van der Waals surface area contributed by atoms with E-state index < -0.39 is 11.4 Å². The molecule has 0 aliphatic carbocycles. The van der Waals surface area contributed by atoms with Crippen molar-refractivity contribution >= 4 is 16.9 Å². The second kappa shape index (κ2) is 6.51. The molecule has 0 amide bonds. The van der Waals surface area contributed by atoms with E-state index in [1.165, 1.54) is 20.4 Å². The molecule has 0 N–H and O–H groups in total. The van der Waals surface area contributed by atoms with E-state index in [0.717, 1.165) is 0 Å². The fraction of sp³-hybridized carbons (Fsp3) is 0.375. The first-order chi connectivity index (χ1) is 10.6. The molecule has 22 heavy (non-hydrogen) atoms. The van der Waals surface area contributed by atoms with Crippen molar-refractivity contribution in [3.05, 3.63) is 34.1 Å². The van der Waals surface area contributed by atoms with E-state index in [1.54, 1.807) is 19.1 Å². The SMILES string of the molecule is CCOC(=O)c1cn(CC)c2ccc(OC)c(OC)c2c1=O. The molecular formula is C16H19NO5. The van der Waals surface area contributed by atoms with Crippen molar-refractivity contribution in [2.75, 3.05) is 20.8 Å². The van der Waals surface area contributed by atoms with Crippen molar-refractivity contribution in [2.24, 2.45) is 0 Å². The molecule has 1 aromatic heterocycles. The molecule has 1 heterocycles. The highest BCUT2D eigenvalue weighted by Crippen LogP contribution is 2.33. The Morgan fingerprint density at radius 2 is 1.91 bits per heavy atom. The predicted molar refractivity (Wildman–Crippen MR) is 82.9 cm³/mol. The van der Waals surface area contributed by atoms with Crippen molar-refractivity contribution in [3.8, 4) is 11.5 Å². The van der Waals surface area contributed by atoms with Gasteiger partial charge in [0.05, 0.1) is 31.7 Å². The van der Waals surface area contributed by atoms with Gasteiger partial charge in [0, 0.05) is 12.7 Å². The van der Waals surface area contributed by atoms with Crippen LogP contribution in [0.1, 0.15) is 24.2 Å². The van der Waals surface area contributed by atoms with Crippen LogP contribution in [0.4, 0.5) is 0 Å². The minimum Gasteiger partial charge on any atom is -0.493 e. The minimum absolute atomic E-state index is 0.0113. The highest BCUT2D eigenvalue weighted by Gasteiger charge is 2.20. The molecule has 0 saturated carbocycles. The van der Waals surface area contributed by atoms with Gasteiger partial charge in [-0.2, -0.15) is 0 Å². The summed E-state index contributed by atoms with van der Waals surface area (Å²) in [4.78, 5) is 24.7. The second-order valence-electron chi connectivity index (χ2n) is 4.57. The molecule has 0 spiro atoms. The zero-order chi connectivity index (χ0) is 16.3. The molecule has 0 aliphatic rings. The van der Waals surface area contributed by atoms with Gasteiger partial charge in [-0.05, 0) is 26.0 Å². The Kier molecular flexibility index (Phi) is 4.70. The molecule has 0 aliphatic heterocycles. The lowest BCUT2D eigenvalue weighted by molar-refractivity contribution is 0.0524. The Balaban J connectivity index is 2.89. The number of aryl methyl sites for hydroxylation is 1. The Morgan fingerprint density at radius 3 is 2.45 bits per heavy atom. The van der Waals surface area contributed by atoms with E-state index >= 15 is 0 Å². The number of esters is 1. The standard InChI is InChI=1S/C16H19NO5/c1-5-17-9-10(16(19)22-6-2)14(18)13-11(17)7-8-12(20-3)15(13)21-4/h7-9H,5-6H2,1-4H3. The van der Waals surface area contributed by atoms with Crippen LogP contribution in [0, 0.1) is 0 Å². The van der Waals surface area contributed by atoms with E-state index in [0.29, 0.717) is 28.9 Å². The lowest BCUT2D eigenvalue weighted by atomic mass is 10.1. The quantitative estimate of drug-likeness (QED) is 0.792. The third-order valence-electron chi connectivity index (χ3n) is 3.43. The molecule has 2 aromatic rings. The lowest BCUT2D eigenvalue weighted by Gasteiger charge is -2.15. The maximum absolute atomic E-state index is 12.7. The second-order valence-corrected chi connectivity index (χ2v) is 4.57. The van der Waals surface area contributed by atoms with Gasteiger partial charge in [-0.3, -0.25) is 4.79 Å². The summed E-state index contributed by atoms with van der Waals surface area (Å²) >= 11 is 0. The molecule has 2 rings (SSSR count). The molecule has 6 heteroatoms. The summed E-state index contributed by atoms with van der Waals surface area (Å²) in [6, 6.07) is 3.51. The van der Waals surface area contributed by atoms with Gasteiger partial charge in [-0.25, -0.2) is 4.79 Å². The summed E-state index contributed by atoms with van der Waals surface area (Å²) in [5.41, 5.74) is 0.245. The number of hydrogen-bond acceptors (Lipinski definition) is 5. The molecule has 0 radical (unpaired) electrons. The van der Waals surface area contributed by atoms with Crippen LogP contribution in [0.2, 0.25) is 0 Å². The zero-order valence-electron chi connectivity index (χ0n) is 13.1. The zero-order valence-corrected chi connectivity index (χ0v) is 13.1. The van der Waals surface area contributed by atoms with Crippen molar-refractivity contribution in [3.63, 3.8) is 0 Å². The first-order valence-electron chi connectivity index (χ1n) is 7.04. The number of ether oxygens (including phenoxy) is 3. The fourth-order valence-electron chi connectivity index (χ4n) is 2.41. The molecule has 0 saturated heterocycles. The summed E-state index contributed by atoms with van der Waals surface area (Å²) in [6.07, 6.45) is 1.52. The third-order valence-corrected chi connectivity index (χ3v) is 3.43. The van der Waals surface area contributed by atoms with Crippen LogP contribution in [-0.4, -0.2) is 31.4 Å². The van der Waals surface area contributed by atoms with Crippen LogP contribution in [0.15, 0.2) is 23.1 Å². The monoisotopic (exact) mass is 305 g/mol. The van der Waals surface area contributed by atoms with Gasteiger partial charge in [0.2, 0.25) is 5.43 Å². The maximum atomic E-state index is 12.7. The number of carbonyl (C=O) groups is 1. The van der Waals surface area contributed by atoms with Crippen LogP contribution >= 0.6 is 0 Å². The number of aromatic nitrogens is 1. The first kappa shape index (κ1) is 15.9. The Labute approximate surface area is 128 Å². The van der Waals surface area contributed by atoms with Gasteiger partial charge in [0.15, 0.2) is 11.5 Å². The average Bonchev–Trinajstić information content (AvgIpc) is 2.54. The molecular weight excluding hydrogens is 286 g/mol. The number of carbonyl (C=O) groups excluding carboxylic acids is 1. The van der Waals surface area contributed by atoms with Gasteiger partial charge in [0.1, 0.15) is 5.56 Å². The average molecular weight is 305 g/mol. The number of hydrogen-bond donors (Lipinski definition) is 0. The van der Waals surface area contributed by atoms with Crippen LogP contribution in [0.25, 0.3) is 10.9 Å². The molecule has 6 nitrogen and oxygen atoms in total. The maximum Gasteiger partial charge on any atom is 0.343 e. The van der Waals surface area contributed by atoms with Gasteiger partial charge in [-0.15, -0.1) is 0 Å². The number of rotatable bonds is 5. The van der Waals surface area contributed by atoms with E-state index in [4.69, 9.17) is 14.2 Å². The summed E-state index contributed by atoms with van der Waals surface area (Å²) in [6.45, 7) is 4.42. The summed E-state index contributed by atoms with van der Waals surface area (Å²) < 4.78 is 17.3. The van der Waals surface area contributed by atoms with E-state index in [9.17, 15) is 9.59 Å². The predicted octanol–water partition coefficient (Wildman–Crippen LogP) is 2.22. The molecule has 118 valence electrons. The Hall–Kier alpha value is -2.50. The van der Waals surface area contributed by atoms with E-state index in [2.05, 4.69) is 0 Å². The van der Waals surface area contributed by atoms with Crippen LogP contribution in [0.5, 0.6) is 11.5 Å². The van der Waals surface area contributed by atoms with Gasteiger partial charge in [0.25, 0.3) is 0 Å². The summed E-state index contributed by atoms with van der Waals surface area (Å²) in [7, 11) is 2.96. The van der Waals surface area contributed by atoms with Crippen molar-refractivity contribution in [1.29, 1.82) is 0 Å². The van der Waals surface area contributed by atoms with Gasteiger partial charge in [-0.1, -0.05) is 0 Å². The highest BCUT2D eigenvalue weighted by molar-refractivity contribution is 5.96. The molecule has 0 bridgehead atoms. The Bertz CT molecular complexity index is 763. The molecule has 0 unspecified atom stereocenters. The smallest absolute Gasteiger partial charge is 0.343 e. The molecule has 0 fully saturated rings. The first-order valence-corrected chi connectivity index (χ1v) is 7.04. The number of fused-ring (bicyclic) bond motifs is 1. The largest absolute Gasteiger partial charge is 0.493 e. The van der Waals surface area contributed by atoms with Crippen molar-refractivity contribution in [2.45, 2.75) is 20.4 Å². The number of benzene rings is 1. The number of nitrogens with zero attached hydrogens (tertiary/aromatic N) is 1. The Morgan fingerprint density at radius 1 is 1.18 bits per heavy atom. The van der Waals surface area contributed by atoms with Crippen LogP contribution in [-0.2, 0) is 11.3 Å². The van der Waals surface area contributed by atoms with Crippen LogP contribution < -0.4 is 14.9 Å². The van der Waals surface area contributed by atoms with E-state index in [-0.39, 0.29) is 12.2 Å². The van der Waals surface area contributed by atoms with Crippen molar-refractivity contribution < 1.29 is 19.0 Å². The highest BCUT2D eigenvalue weighted by atomic mass is 16.5. The topological polar surface area (TPSA) is 66.8 Å². The minimum atomic E-state index is -0.638. The summed E-state index contributed by atoms with van der Waals surface area (Å²) in [5.74, 6) is 0.121. The lowest BCUT2D eigenvalue weighted by Crippen LogP contribution is -2.21. The number of methoxy groups -OCH3 is 2. The van der Waals surface area contributed by atoms with Gasteiger partial charge < -0.3 is 18.8 Å². The van der Waals surface area contributed by atoms with E-state index in [1.807, 2.05) is 11.5 Å². The third kappa shape index (κ3) is 2.52. The number of pyridine rings is 1. The summed E-state index contributed by atoms with van der Waals surface area (Å²) in [5, 5.41) is 0.314. The van der Waals surface area contributed by atoms with Crippen molar-refractivity contribution in [1.82, 2.24) is 4.57 Å². The van der Waals surface area contributed by atoms with Crippen LogP contribution in [0.3, 0.4) is 0 Å². The molecule has 1 aromatic carbocycles. The fourth-order valence-corrected chi connectivity index (χ4v) is 2.41. The van der Waals surface area contributed by atoms with Gasteiger partial charge >= 0.3 is 5.97 Å². The normalized spacial score (nSPS) is 10.5.